The van der Waals surface area contributed by atoms with Crippen molar-refractivity contribution in [2.45, 2.75) is 27.2 Å². The number of pyridine rings is 1. The van der Waals surface area contributed by atoms with Crippen LogP contribution in [0, 0.1) is 5.41 Å². The molecule has 0 radical (unpaired) electrons. The van der Waals surface area contributed by atoms with Gasteiger partial charge in [-0.25, -0.2) is 4.68 Å². The van der Waals surface area contributed by atoms with Crippen molar-refractivity contribution in [3.05, 3.63) is 36.4 Å². The van der Waals surface area contributed by atoms with Gasteiger partial charge in [-0.2, -0.15) is 5.10 Å². The van der Waals surface area contributed by atoms with Gasteiger partial charge in [-0.15, -0.1) is 0 Å². The lowest BCUT2D eigenvalue weighted by molar-refractivity contribution is 0.0991. The molecule has 0 aromatic carbocycles. The van der Waals surface area contributed by atoms with E-state index in [1.165, 1.54) is 0 Å². The smallest absolute Gasteiger partial charge is 0.273 e. The molecule has 0 spiro atoms. The molecule has 0 aliphatic heterocycles. The van der Waals surface area contributed by atoms with E-state index in [1.807, 2.05) is 6.07 Å². The first-order valence-corrected chi connectivity index (χ1v) is 6.79. The molecule has 2 aromatic rings. The molecule has 2 aromatic heterocycles. The fourth-order valence-electron chi connectivity index (χ4n) is 1.72. The van der Waals surface area contributed by atoms with Gasteiger partial charge in [0.1, 0.15) is 0 Å². The number of rotatable bonds is 5. The van der Waals surface area contributed by atoms with Crippen molar-refractivity contribution in [2.24, 2.45) is 11.1 Å². The second-order valence-electron chi connectivity index (χ2n) is 6.02. The van der Waals surface area contributed by atoms with Crippen molar-refractivity contribution in [2.75, 3.05) is 6.61 Å². The summed E-state index contributed by atoms with van der Waals surface area (Å²) in [4.78, 5) is 15.5. The van der Waals surface area contributed by atoms with Crippen LogP contribution in [0.3, 0.4) is 0 Å². The Morgan fingerprint density at radius 2 is 2.19 bits per heavy atom. The lowest BCUT2D eigenvalue weighted by Gasteiger charge is -2.17. The molecule has 0 fully saturated rings. The Balaban J connectivity index is 2.20. The molecule has 6 nitrogen and oxygen atoms in total. The highest BCUT2D eigenvalue weighted by Gasteiger charge is 2.17. The van der Waals surface area contributed by atoms with Gasteiger partial charge in [-0.1, -0.05) is 20.8 Å². The molecular formula is C15H20N4O2. The minimum absolute atomic E-state index is 0.132. The highest BCUT2D eigenvalue weighted by molar-refractivity contribution is 5.93. The molecular weight excluding hydrogens is 268 g/mol. The summed E-state index contributed by atoms with van der Waals surface area (Å²) in [6.07, 6.45) is 5.84. The van der Waals surface area contributed by atoms with Crippen LogP contribution in [0.5, 0.6) is 5.75 Å². The zero-order valence-corrected chi connectivity index (χ0v) is 12.5. The van der Waals surface area contributed by atoms with Crippen molar-refractivity contribution < 1.29 is 9.53 Å². The second kappa shape index (κ2) is 5.95. The minimum atomic E-state index is -0.608. The quantitative estimate of drug-likeness (QED) is 0.914. The van der Waals surface area contributed by atoms with Crippen molar-refractivity contribution in [3.8, 4) is 11.4 Å². The largest absolute Gasteiger partial charge is 0.489 e. The van der Waals surface area contributed by atoms with E-state index in [0.717, 1.165) is 12.1 Å². The van der Waals surface area contributed by atoms with Crippen LogP contribution >= 0.6 is 0 Å². The normalized spacial score (nSPS) is 11.4. The molecule has 0 aliphatic carbocycles. The Bertz CT molecular complexity index is 614. The fourth-order valence-corrected chi connectivity index (χ4v) is 1.72. The van der Waals surface area contributed by atoms with Crippen molar-refractivity contribution >= 4 is 5.91 Å². The number of nitrogens with zero attached hydrogens (tertiary/aromatic N) is 3. The van der Waals surface area contributed by atoms with Crippen LogP contribution in [0.4, 0.5) is 0 Å². The summed E-state index contributed by atoms with van der Waals surface area (Å²) in [6, 6.07) is 3.63. The summed E-state index contributed by atoms with van der Waals surface area (Å²) >= 11 is 0. The van der Waals surface area contributed by atoms with Crippen LogP contribution in [0.1, 0.15) is 37.7 Å². The van der Waals surface area contributed by atoms with Gasteiger partial charge in [0.15, 0.2) is 11.4 Å². The van der Waals surface area contributed by atoms with Crippen LogP contribution in [0.15, 0.2) is 30.7 Å². The Kier molecular flexibility index (Phi) is 4.26. The number of primary amides is 1. The maximum atomic E-state index is 11.5. The topological polar surface area (TPSA) is 83.0 Å². The molecule has 0 unspecified atom stereocenters. The minimum Gasteiger partial charge on any atom is -0.489 e. The molecule has 1 amide bonds. The summed E-state index contributed by atoms with van der Waals surface area (Å²) in [5.41, 5.74) is 6.39. The highest BCUT2D eigenvalue weighted by Crippen LogP contribution is 2.22. The van der Waals surface area contributed by atoms with Gasteiger partial charge < -0.3 is 10.5 Å². The third-order valence-electron chi connectivity index (χ3n) is 2.93. The average Bonchev–Trinajstić information content (AvgIpc) is 2.83. The molecule has 0 saturated carbocycles. The van der Waals surface area contributed by atoms with Crippen LogP contribution in [0.2, 0.25) is 0 Å². The van der Waals surface area contributed by atoms with E-state index in [0.29, 0.717) is 12.4 Å². The van der Waals surface area contributed by atoms with E-state index in [-0.39, 0.29) is 11.1 Å². The average molecular weight is 288 g/mol. The van der Waals surface area contributed by atoms with Crippen molar-refractivity contribution in [3.63, 3.8) is 0 Å². The summed E-state index contributed by atoms with van der Waals surface area (Å²) in [5.74, 6) is -0.209. The van der Waals surface area contributed by atoms with E-state index in [1.54, 1.807) is 29.3 Å². The maximum absolute atomic E-state index is 11.5. The zero-order chi connectivity index (χ0) is 15.5. The Morgan fingerprint density at radius 1 is 1.43 bits per heavy atom. The number of nitrogens with two attached hydrogens (primary N) is 1. The van der Waals surface area contributed by atoms with Gasteiger partial charge in [0.25, 0.3) is 5.91 Å². The molecule has 6 heteroatoms. The standard InChI is InChI=1S/C15H20N4O2/c1-15(2,3)6-8-21-12-10-19(18-13(12)14(16)20)11-5-4-7-17-9-11/h4-5,7,9-10H,6,8H2,1-3H3,(H2,16,20). The highest BCUT2D eigenvalue weighted by atomic mass is 16.5. The van der Waals surface area contributed by atoms with E-state index < -0.39 is 5.91 Å². The van der Waals surface area contributed by atoms with E-state index in [4.69, 9.17) is 10.5 Å². The predicted octanol–water partition coefficient (Wildman–Crippen LogP) is 2.18. The van der Waals surface area contributed by atoms with E-state index in [2.05, 4.69) is 30.9 Å². The molecule has 0 bridgehead atoms. The Labute approximate surface area is 123 Å². The summed E-state index contributed by atoms with van der Waals surface area (Å²) in [6.45, 7) is 6.89. The lowest BCUT2D eigenvalue weighted by Crippen LogP contribution is -2.15. The Morgan fingerprint density at radius 3 is 2.76 bits per heavy atom. The van der Waals surface area contributed by atoms with Gasteiger partial charge in [0, 0.05) is 6.20 Å². The fraction of sp³-hybridized carbons (Fsp3) is 0.400. The molecule has 0 atom stereocenters. The first-order chi connectivity index (χ1) is 9.87. The number of carbonyl (C=O) groups excluding carboxylic acids is 1. The molecule has 21 heavy (non-hydrogen) atoms. The maximum Gasteiger partial charge on any atom is 0.273 e. The second-order valence-corrected chi connectivity index (χ2v) is 6.02. The Hall–Kier alpha value is -2.37. The summed E-state index contributed by atoms with van der Waals surface area (Å²) in [5, 5.41) is 4.17. The zero-order valence-electron chi connectivity index (χ0n) is 12.5. The summed E-state index contributed by atoms with van der Waals surface area (Å²) in [7, 11) is 0. The monoisotopic (exact) mass is 288 g/mol. The SMILES string of the molecule is CC(C)(C)CCOc1cn(-c2cccnc2)nc1C(N)=O. The summed E-state index contributed by atoms with van der Waals surface area (Å²) < 4.78 is 7.21. The lowest BCUT2D eigenvalue weighted by atomic mass is 9.93. The number of ether oxygens (including phenoxy) is 1. The third kappa shape index (κ3) is 4.05. The van der Waals surface area contributed by atoms with Gasteiger partial charge in [0.05, 0.1) is 24.7 Å². The van der Waals surface area contributed by atoms with Crippen LogP contribution in [0.25, 0.3) is 5.69 Å². The van der Waals surface area contributed by atoms with Crippen LogP contribution in [-0.4, -0.2) is 27.3 Å². The van der Waals surface area contributed by atoms with Crippen LogP contribution < -0.4 is 10.5 Å². The van der Waals surface area contributed by atoms with Crippen molar-refractivity contribution in [1.82, 2.24) is 14.8 Å². The van der Waals surface area contributed by atoms with Crippen molar-refractivity contribution in [1.29, 1.82) is 0 Å². The first-order valence-electron chi connectivity index (χ1n) is 6.79. The molecule has 112 valence electrons. The van der Waals surface area contributed by atoms with Crippen LogP contribution in [-0.2, 0) is 0 Å². The molecule has 0 aliphatic rings. The third-order valence-corrected chi connectivity index (χ3v) is 2.93. The number of hydrogen-bond donors (Lipinski definition) is 1. The van der Waals surface area contributed by atoms with E-state index >= 15 is 0 Å². The number of amides is 1. The van der Waals surface area contributed by atoms with Gasteiger partial charge in [-0.3, -0.25) is 9.78 Å². The first kappa shape index (κ1) is 15.0. The van der Waals surface area contributed by atoms with Gasteiger partial charge in [-0.05, 0) is 24.0 Å². The molecule has 2 N–H and O–H groups in total. The predicted molar refractivity (Wildman–Crippen MR) is 79.4 cm³/mol. The van der Waals surface area contributed by atoms with Gasteiger partial charge >= 0.3 is 0 Å². The number of carbonyl (C=O) groups is 1. The molecule has 2 heterocycles. The number of hydrogen-bond acceptors (Lipinski definition) is 4. The molecule has 0 saturated heterocycles. The molecule has 2 rings (SSSR count). The number of aromatic nitrogens is 3. The van der Waals surface area contributed by atoms with Gasteiger partial charge in [0.2, 0.25) is 0 Å². The van der Waals surface area contributed by atoms with E-state index in [9.17, 15) is 4.79 Å².